The molecule has 128 valence electrons. The van der Waals surface area contributed by atoms with Crippen LogP contribution >= 0.6 is 0 Å². The van der Waals surface area contributed by atoms with Crippen molar-refractivity contribution in [3.05, 3.63) is 35.5 Å². The fraction of sp³-hybridized carbons (Fsp3) is 0.550. The molecule has 3 heterocycles. The molecule has 0 amide bonds. The number of aliphatic hydroxyl groups is 1. The third kappa shape index (κ3) is 2.16. The Morgan fingerprint density at radius 3 is 2.75 bits per heavy atom. The van der Waals surface area contributed by atoms with Gasteiger partial charge in [-0.05, 0) is 44.4 Å². The van der Waals surface area contributed by atoms with Crippen LogP contribution in [0, 0.1) is 11.8 Å². The summed E-state index contributed by atoms with van der Waals surface area (Å²) in [4.78, 5) is 14.2. The Morgan fingerprint density at radius 1 is 1.29 bits per heavy atom. The lowest BCUT2D eigenvalue weighted by atomic mass is 9.69. The number of aryl methyl sites for hydroxylation is 1. The molecule has 2 aromatic rings. The molecule has 4 nitrogen and oxygen atoms in total. The SMILES string of the molecule is CC(=O)C[C@@H]1C[C@H]2c3c(c4ccccc4n3C)C[C@@H]([C@@H]1CO)N2C. The van der Waals surface area contributed by atoms with Gasteiger partial charge in [0, 0.05) is 48.6 Å². The first-order valence-electron chi connectivity index (χ1n) is 8.91. The van der Waals surface area contributed by atoms with Crippen LogP contribution in [0.15, 0.2) is 24.3 Å². The Hall–Kier alpha value is -1.65. The average Bonchev–Trinajstić information content (AvgIpc) is 2.82. The van der Waals surface area contributed by atoms with E-state index in [0.29, 0.717) is 18.5 Å². The van der Waals surface area contributed by atoms with Crippen LogP contribution in [0.25, 0.3) is 10.9 Å². The largest absolute Gasteiger partial charge is 0.396 e. The molecule has 0 unspecified atom stereocenters. The molecule has 1 aromatic carbocycles. The van der Waals surface area contributed by atoms with Gasteiger partial charge in [0.2, 0.25) is 0 Å². The number of aromatic nitrogens is 1. The van der Waals surface area contributed by atoms with Crippen molar-refractivity contribution in [1.29, 1.82) is 0 Å². The normalized spacial score (nSPS) is 29.7. The van der Waals surface area contributed by atoms with Gasteiger partial charge >= 0.3 is 0 Å². The van der Waals surface area contributed by atoms with Gasteiger partial charge in [-0.2, -0.15) is 0 Å². The zero-order valence-electron chi connectivity index (χ0n) is 14.7. The lowest BCUT2D eigenvalue weighted by Gasteiger charge is -2.51. The number of aliphatic hydroxyl groups excluding tert-OH is 1. The Morgan fingerprint density at radius 2 is 2.04 bits per heavy atom. The fourth-order valence-electron chi connectivity index (χ4n) is 5.29. The van der Waals surface area contributed by atoms with Crippen LogP contribution in [0.4, 0.5) is 0 Å². The molecule has 4 atom stereocenters. The third-order valence-electron chi connectivity index (χ3n) is 6.39. The second-order valence-electron chi connectivity index (χ2n) is 7.64. The van der Waals surface area contributed by atoms with E-state index in [0.717, 1.165) is 12.8 Å². The summed E-state index contributed by atoms with van der Waals surface area (Å²) in [5, 5.41) is 11.4. The van der Waals surface area contributed by atoms with Gasteiger partial charge in [-0.25, -0.2) is 0 Å². The smallest absolute Gasteiger partial charge is 0.130 e. The number of hydrogen-bond donors (Lipinski definition) is 1. The predicted molar refractivity (Wildman–Crippen MR) is 94.9 cm³/mol. The predicted octanol–water partition coefficient (Wildman–Crippen LogP) is 2.68. The van der Waals surface area contributed by atoms with E-state index < -0.39 is 0 Å². The Balaban J connectivity index is 1.85. The molecule has 0 spiro atoms. The summed E-state index contributed by atoms with van der Waals surface area (Å²) in [6.07, 6.45) is 2.50. The number of Topliss-reactive ketones (excluding diaryl/α,β-unsaturated/α-hetero) is 1. The summed E-state index contributed by atoms with van der Waals surface area (Å²) >= 11 is 0. The molecule has 1 saturated heterocycles. The number of carbonyl (C=O) groups is 1. The number of hydrogen-bond acceptors (Lipinski definition) is 3. The van der Waals surface area contributed by atoms with Crippen molar-refractivity contribution >= 4 is 16.7 Å². The minimum Gasteiger partial charge on any atom is -0.396 e. The second kappa shape index (κ2) is 5.71. The lowest BCUT2D eigenvalue weighted by Crippen LogP contribution is -2.54. The van der Waals surface area contributed by atoms with Crippen LogP contribution in [0.5, 0.6) is 0 Å². The first-order valence-corrected chi connectivity index (χ1v) is 8.91. The van der Waals surface area contributed by atoms with Crippen LogP contribution in [-0.2, 0) is 18.3 Å². The van der Waals surface area contributed by atoms with E-state index >= 15 is 0 Å². The molecule has 0 radical (unpaired) electrons. The highest BCUT2D eigenvalue weighted by molar-refractivity contribution is 5.86. The number of para-hydroxylation sites is 1. The fourth-order valence-corrected chi connectivity index (χ4v) is 5.29. The molecule has 2 aliphatic heterocycles. The van der Waals surface area contributed by atoms with Gasteiger partial charge in [-0.3, -0.25) is 4.90 Å². The maximum atomic E-state index is 11.7. The molecule has 1 fully saturated rings. The van der Waals surface area contributed by atoms with Gasteiger partial charge in [0.25, 0.3) is 0 Å². The number of ketones is 1. The van der Waals surface area contributed by atoms with Crippen molar-refractivity contribution in [2.75, 3.05) is 13.7 Å². The van der Waals surface area contributed by atoms with Gasteiger partial charge < -0.3 is 14.5 Å². The summed E-state index contributed by atoms with van der Waals surface area (Å²) in [5.41, 5.74) is 4.13. The Labute approximate surface area is 143 Å². The van der Waals surface area contributed by atoms with E-state index in [1.807, 2.05) is 0 Å². The zero-order valence-corrected chi connectivity index (χ0v) is 14.7. The van der Waals surface area contributed by atoms with Crippen molar-refractivity contribution in [3.63, 3.8) is 0 Å². The highest BCUT2D eigenvalue weighted by Gasteiger charge is 2.46. The first-order chi connectivity index (χ1) is 11.5. The molecule has 0 saturated carbocycles. The van der Waals surface area contributed by atoms with Crippen LogP contribution in [0.2, 0.25) is 0 Å². The first kappa shape index (κ1) is 15.9. The molecule has 0 aliphatic carbocycles. The molecular formula is C20H26N2O2. The van der Waals surface area contributed by atoms with E-state index in [9.17, 15) is 9.90 Å². The van der Waals surface area contributed by atoms with Crippen LogP contribution in [0.3, 0.4) is 0 Å². The van der Waals surface area contributed by atoms with Gasteiger partial charge in [0.15, 0.2) is 0 Å². The summed E-state index contributed by atoms with van der Waals surface area (Å²) in [6, 6.07) is 9.27. The highest BCUT2D eigenvalue weighted by Crippen LogP contribution is 2.49. The van der Waals surface area contributed by atoms with Crippen LogP contribution in [0.1, 0.15) is 37.1 Å². The molecule has 2 bridgehead atoms. The number of piperidine rings is 1. The third-order valence-corrected chi connectivity index (χ3v) is 6.39. The van der Waals surface area contributed by atoms with Crippen molar-refractivity contribution in [1.82, 2.24) is 9.47 Å². The van der Waals surface area contributed by atoms with E-state index in [4.69, 9.17) is 0 Å². The van der Waals surface area contributed by atoms with Crippen molar-refractivity contribution < 1.29 is 9.90 Å². The zero-order chi connectivity index (χ0) is 17.0. The minimum absolute atomic E-state index is 0.166. The summed E-state index contributed by atoms with van der Waals surface area (Å²) in [5.74, 6) is 0.700. The van der Waals surface area contributed by atoms with E-state index in [2.05, 4.69) is 47.8 Å². The topological polar surface area (TPSA) is 45.5 Å². The number of fused-ring (bicyclic) bond motifs is 6. The number of nitrogens with zero attached hydrogens (tertiary/aromatic N) is 2. The molecule has 4 rings (SSSR count). The maximum Gasteiger partial charge on any atom is 0.130 e. The monoisotopic (exact) mass is 326 g/mol. The molecule has 4 heteroatoms. The lowest BCUT2D eigenvalue weighted by molar-refractivity contribution is -0.120. The maximum absolute atomic E-state index is 11.7. The van der Waals surface area contributed by atoms with E-state index in [1.54, 1.807) is 6.92 Å². The van der Waals surface area contributed by atoms with E-state index in [1.165, 1.54) is 22.2 Å². The molecule has 1 aromatic heterocycles. The molecule has 24 heavy (non-hydrogen) atoms. The van der Waals surface area contributed by atoms with Crippen LogP contribution in [-0.4, -0.2) is 40.1 Å². The average molecular weight is 326 g/mol. The number of carbonyl (C=O) groups excluding carboxylic acids is 1. The number of benzene rings is 1. The standard InChI is InChI=1S/C20H26N2O2/c1-12(24)8-13-9-19-20-15(10-18(21(19)2)16(13)11-23)14-6-4-5-7-17(14)22(20)3/h4-7,13,16,18-19,23H,8-11H2,1-3H3/t13-,16-,18+,19+/m1/s1. The molecule has 1 N–H and O–H groups in total. The molecular weight excluding hydrogens is 300 g/mol. The highest BCUT2D eigenvalue weighted by atomic mass is 16.3. The van der Waals surface area contributed by atoms with Gasteiger partial charge in [-0.1, -0.05) is 18.2 Å². The Bertz CT molecular complexity index is 794. The van der Waals surface area contributed by atoms with Gasteiger partial charge in [0.1, 0.15) is 5.78 Å². The van der Waals surface area contributed by atoms with Crippen molar-refractivity contribution in [2.45, 2.75) is 38.3 Å². The second-order valence-corrected chi connectivity index (χ2v) is 7.64. The molecule has 2 aliphatic rings. The minimum atomic E-state index is 0.166. The van der Waals surface area contributed by atoms with Crippen LogP contribution < -0.4 is 0 Å². The van der Waals surface area contributed by atoms with Gasteiger partial charge in [0.05, 0.1) is 6.04 Å². The van der Waals surface area contributed by atoms with Crippen molar-refractivity contribution in [3.8, 4) is 0 Å². The summed E-state index contributed by atoms with van der Waals surface area (Å²) < 4.78 is 2.34. The number of rotatable bonds is 3. The van der Waals surface area contributed by atoms with Crippen molar-refractivity contribution in [2.24, 2.45) is 18.9 Å². The number of likely N-dealkylation sites (N-methyl/N-ethyl adjacent to an activating group) is 1. The Kier molecular flexibility index (Phi) is 3.77. The van der Waals surface area contributed by atoms with Gasteiger partial charge in [-0.15, -0.1) is 0 Å². The summed E-state index contributed by atoms with van der Waals surface area (Å²) in [7, 11) is 4.34. The van der Waals surface area contributed by atoms with E-state index in [-0.39, 0.29) is 24.2 Å². The quantitative estimate of drug-likeness (QED) is 0.943. The summed E-state index contributed by atoms with van der Waals surface area (Å²) in [6.45, 7) is 1.84.